The van der Waals surface area contributed by atoms with Gasteiger partial charge in [0.1, 0.15) is 11.5 Å². The number of thioether (sulfide) groups is 1. The Morgan fingerprint density at radius 1 is 1.15 bits per heavy atom. The van der Waals surface area contributed by atoms with Gasteiger partial charge in [0.15, 0.2) is 5.82 Å². The van der Waals surface area contributed by atoms with E-state index in [2.05, 4.69) is 15.2 Å². The first-order valence-corrected chi connectivity index (χ1v) is 8.68. The van der Waals surface area contributed by atoms with Crippen LogP contribution < -0.4 is 9.47 Å². The average Bonchev–Trinajstić information content (AvgIpc) is 3.15. The number of nitrogens with zero attached hydrogens (tertiary/aromatic N) is 2. The van der Waals surface area contributed by atoms with E-state index in [0.29, 0.717) is 28.2 Å². The van der Waals surface area contributed by atoms with Gasteiger partial charge in [0.05, 0.1) is 19.8 Å². The molecule has 0 aliphatic carbocycles. The molecular formula is C18H17N3O4S. The molecule has 0 aliphatic heterocycles. The molecule has 0 amide bonds. The maximum absolute atomic E-state index is 11.0. The van der Waals surface area contributed by atoms with E-state index in [9.17, 15) is 4.79 Å². The van der Waals surface area contributed by atoms with Gasteiger partial charge in [0, 0.05) is 17.4 Å². The molecule has 7 nitrogen and oxygen atoms in total. The average molecular weight is 371 g/mol. The third-order valence-electron chi connectivity index (χ3n) is 3.63. The number of H-pyrrole nitrogens is 1. The fourth-order valence-electron chi connectivity index (χ4n) is 2.33. The Morgan fingerprint density at radius 2 is 1.88 bits per heavy atom. The number of hydrogen-bond donors (Lipinski definition) is 2. The van der Waals surface area contributed by atoms with E-state index in [-0.39, 0.29) is 5.56 Å². The molecule has 0 fully saturated rings. The number of aromatic carboxylic acids is 1. The van der Waals surface area contributed by atoms with Crippen molar-refractivity contribution < 1.29 is 19.4 Å². The summed E-state index contributed by atoms with van der Waals surface area (Å²) in [5.74, 6) is 1.55. The van der Waals surface area contributed by atoms with Gasteiger partial charge >= 0.3 is 5.97 Å². The van der Waals surface area contributed by atoms with Crippen molar-refractivity contribution in [1.29, 1.82) is 0 Å². The lowest BCUT2D eigenvalue weighted by Crippen LogP contribution is -1.96. The SMILES string of the molecule is COc1cc(OC)cc(-c2nc(SCc3cccc(C(=O)O)c3)n[nH]2)c1. The van der Waals surface area contributed by atoms with Crippen molar-refractivity contribution in [3.63, 3.8) is 0 Å². The first-order chi connectivity index (χ1) is 12.6. The fourth-order valence-corrected chi connectivity index (χ4v) is 3.07. The van der Waals surface area contributed by atoms with Crippen molar-refractivity contribution >= 4 is 17.7 Å². The predicted molar refractivity (Wildman–Crippen MR) is 97.9 cm³/mol. The first-order valence-electron chi connectivity index (χ1n) is 7.70. The zero-order valence-corrected chi connectivity index (χ0v) is 15.0. The van der Waals surface area contributed by atoms with Gasteiger partial charge in [-0.15, -0.1) is 5.10 Å². The van der Waals surface area contributed by atoms with Gasteiger partial charge in [-0.3, -0.25) is 5.10 Å². The zero-order valence-electron chi connectivity index (χ0n) is 14.2. The van der Waals surface area contributed by atoms with Crippen molar-refractivity contribution in [2.75, 3.05) is 14.2 Å². The Labute approximate surface area is 154 Å². The standard InChI is InChI=1S/C18H17N3O4S/c1-24-14-7-13(8-15(9-14)25-2)16-19-18(21-20-16)26-10-11-4-3-5-12(6-11)17(22)23/h3-9H,10H2,1-2H3,(H,22,23)(H,19,20,21). The molecule has 0 atom stereocenters. The Hall–Kier alpha value is -3.00. The summed E-state index contributed by atoms with van der Waals surface area (Å²) in [6.45, 7) is 0. The van der Waals surface area contributed by atoms with Crippen LogP contribution in [0, 0.1) is 0 Å². The molecule has 0 aliphatic rings. The molecule has 0 radical (unpaired) electrons. The highest BCUT2D eigenvalue weighted by Gasteiger charge is 2.10. The Balaban J connectivity index is 1.74. The molecule has 26 heavy (non-hydrogen) atoms. The number of aromatic amines is 1. The van der Waals surface area contributed by atoms with E-state index < -0.39 is 5.97 Å². The van der Waals surface area contributed by atoms with Crippen molar-refractivity contribution in [2.24, 2.45) is 0 Å². The number of rotatable bonds is 7. The summed E-state index contributed by atoms with van der Waals surface area (Å²) in [5.41, 5.74) is 1.96. The zero-order chi connectivity index (χ0) is 18.5. The first kappa shape index (κ1) is 17.8. The highest BCUT2D eigenvalue weighted by Crippen LogP contribution is 2.29. The second kappa shape index (κ2) is 7.92. The quantitative estimate of drug-likeness (QED) is 0.614. The van der Waals surface area contributed by atoms with Crippen LogP contribution >= 0.6 is 11.8 Å². The van der Waals surface area contributed by atoms with E-state index in [1.54, 1.807) is 38.5 Å². The molecule has 2 N–H and O–H groups in total. The molecule has 8 heteroatoms. The molecule has 0 bridgehead atoms. The van der Waals surface area contributed by atoms with Crippen LogP contribution in [-0.4, -0.2) is 40.5 Å². The number of benzene rings is 2. The van der Waals surface area contributed by atoms with Crippen molar-refractivity contribution in [2.45, 2.75) is 10.9 Å². The largest absolute Gasteiger partial charge is 0.497 e. The number of aromatic nitrogens is 3. The van der Waals surface area contributed by atoms with E-state index in [1.165, 1.54) is 11.8 Å². The number of methoxy groups -OCH3 is 2. The minimum atomic E-state index is -0.941. The third kappa shape index (κ3) is 4.15. The molecule has 0 saturated heterocycles. The second-order valence-electron chi connectivity index (χ2n) is 5.36. The van der Waals surface area contributed by atoms with Gasteiger partial charge < -0.3 is 14.6 Å². The molecule has 0 spiro atoms. The number of ether oxygens (including phenoxy) is 2. The summed E-state index contributed by atoms with van der Waals surface area (Å²) in [6, 6.07) is 12.3. The number of hydrogen-bond acceptors (Lipinski definition) is 6. The van der Waals surface area contributed by atoms with E-state index in [1.807, 2.05) is 18.2 Å². The van der Waals surface area contributed by atoms with Crippen LogP contribution in [0.4, 0.5) is 0 Å². The predicted octanol–water partition coefficient (Wildman–Crippen LogP) is 3.48. The van der Waals surface area contributed by atoms with Crippen LogP contribution in [0.3, 0.4) is 0 Å². The third-order valence-corrected chi connectivity index (χ3v) is 4.55. The number of nitrogens with one attached hydrogen (secondary N) is 1. The second-order valence-corrected chi connectivity index (χ2v) is 6.30. The normalized spacial score (nSPS) is 10.5. The Kier molecular flexibility index (Phi) is 5.43. The maximum atomic E-state index is 11.0. The van der Waals surface area contributed by atoms with Crippen LogP contribution in [0.25, 0.3) is 11.4 Å². The molecular weight excluding hydrogens is 354 g/mol. The number of carbonyl (C=O) groups is 1. The van der Waals surface area contributed by atoms with Crippen LogP contribution in [0.2, 0.25) is 0 Å². The van der Waals surface area contributed by atoms with Crippen molar-refractivity contribution in [3.05, 3.63) is 53.6 Å². The molecule has 3 aromatic rings. The summed E-state index contributed by atoms with van der Waals surface area (Å²) < 4.78 is 10.5. The highest BCUT2D eigenvalue weighted by atomic mass is 32.2. The summed E-state index contributed by atoms with van der Waals surface area (Å²) in [7, 11) is 3.18. The fraction of sp³-hybridized carbons (Fsp3) is 0.167. The highest BCUT2D eigenvalue weighted by molar-refractivity contribution is 7.98. The number of carboxylic acid groups (broad SMARTS) is 1. The summed E-state index contributed by atoms with van der Waals surface area (Å²) >= 11 is 1.42. The summed E-state index contributed by atoms with van der Waals surface area (Å²) in [4.78, 5) is 15.5. The van der Waals surface area contributed by atoms with Gasteiger partial charge in [0.25, 0.3) is 0 Å². The van der Waals surface area contributed by atoms with Crippen LogP contribution in [0.15, 0.2) is 47.6 Å². The van der Waals surface area contributed by atoms with E-state index in [0.717, 1.165) is 11.1 Å². The van der Waals surface area contributed by atoms with Gasteiger partial charge in [-0.2, -0.15) is 0 Å². The van der Waals surface area contributed by atoms with E-state index >= 15 is 0 Å². The van der Waals surface area contributed by atoms with E-state index in [4.69, 9.17) is 14.6 Å². The van der Waals surface area contributed by atoms with Gasteiger partial charge in [0.2, 0.25) is 5.16 Å². The Morgan fingerprint density at radius 3 is 2.54 bits per heavy atom. The molecule has 1 heterocycles. The van der Waals surface area contributed by atoms with Crippen molar-refractivity contribution in [1.82, 2.24) is 15.2 Å². The van der Waals surface area contributed by atoms with Crippen LogP contribution in [-0.2, 0) is 5.75 Å². The molecule has 2 aromatic carbocycles. The summed E-state index contributed by atoms with van der Waals surface area (Å²) in [6.07, 6.45) is 0. The molecule has 1 aromatic heterocycles. The molecule has 3 rings (SSSR count). The minimum absolute atomic E-state index is 0.266. The van der Waals surface area contributed by atoms with Gasteiger partial charge in [-0.05, 0) is 29.8 Å². The van der Waals surface area contributed by atoms with Gasteiger partial charge in [-0.25, -0.2) is 9.78 Å². The smallest absolute Gasteiger partial charge is 0.335 e. The molecule has 0 saturated carbocycles. The molecule has 134 valence electrons. The Bertz CT molecular complexity index is 904. The lowest BCUT2D eigenvalue weighted by Gasteiger charge is -2.06. The van der Waals surface area contributed by atoms with Crippen LogP contribution in [0.5, 0.6) is 11.5 Å². The van der Waals surface area contributed by atoms with Crippen molar-refractivity contribution in [3.8, 4) is 22.9 Å². The topological polar surface area (TPSA) is 97.3 Å². The minimum Gasteiger partial charge on any atom is -0.497 e. The monoisotopic (exact) mass is 371 g/mol. The summed E-state index contributed by atoms with van der Waals surface area (Å²) in [5, 5.41) is 16.7. The lowest BCUT2D eigenvalue weighted by atomic mass is 10.1. The number of carboxylic acids is 1. The molecule has 0 unspecified atom stereocenters. The van der Waals surface area contributed by atoms with Crippen LogP contribution in [0.1, 0.15) is 15.9 Å². The van der Waals surface area contributed by atoms with Gasteiger partial charge in [-0.1, -0.05) is 23.9 Å². The lowest BCUT2D eigenvalue weighted by molar-refractivity contribution is 0.0696. The maximum Gasteiger partial charge on any atom is 0.335 e.